The zero-order valence-electron chi connectivity index (χ0n) is 11.2. The van der Waals surface area contributed by atoms with E-state index in [2.05, 4.69) is 5.32 Å². The van der Waals surface area contributed by atoms with Gasteiger partial charge in [-0.05, 0) is 6.92 Å². The van der Waals surface area contributed by atoms with Crippen LogP contribution in [0.2, 0.25) is 0 Å². The van der Waals surface area contributed by atoms with E-state index in [1.54, 1.807) is 6.92 Å². The van der Waals surface area contributed by atoms with Crippen LogP contribution in [0.15, 0.2) is 0 Å². The summed E-state index contributed by atoms with van der Waals surface area (Å²) in [7, 11) is 0. The number of nitrogens with one attached hydrogen (secondary N) is 1. The van der Waals surface area contributed by atoms with Crippen molar-refractivity contribution in [1.82, 2.24) is 5.32 Å². The van der Waals surface area contributed by atoms with E-state index in [4.69, 9.17) is 14.2 Å². The van der Waals surface area contributed by atoms with E-state index in [1.165, 1.54) is 6.92 Å². The van der Waals surface area contributed by atoms with Crippen LogP contribution in [0.5, 0.6) is 0 Å². The Labute approximate surface area is 108 Å². The van der Waals surface area contributed by atoms with Crippen molar-refractivity contribution in [1.29, 1.82) is 0 Å². The molecular formula is C12H23NO5. The molecule has 0 fully saturated rings. The van der Waals surface area contributed by atoms with Crippen molar-refractivity contribution < 1.29 is 23.8 Å². The SMILES string of the molecule is CCC(=O)NCCOCCOCCOCC(C)=O. The van der Waals surface area contributed by atoms with Crippen molar-refractivity contribution in [3.63, 3.8) is 0 Å². The first-order valence-corrected chi connectivity index (χ1v) is 6.16. The number of ketones is 1. The van der Waals surface area contributed by atoms with E-state index in [1.807, 2.05) is 0 Å². The summed E-state index contributed by atoms with van der Waals surface area (Å²) in [6, 6.07) is 0. The molecule has 0 atom stereocenters. The quantitative estimate of drug-likeness (QED) is 0.506. The van der Waals surface area contributed by atoms with E-state index in [0.717, 1.165) is 0 Å². The van der Waals surface area contributed by atoms with Crippen LogP contribution in [0, 0.1) is 0 Å². The lowest BCUT2D eigenvalue weighted by molar-refractivity contribution is -0.122. The lowest BCUT2D eigenvalue weighted by atomic mass is 10.4. The van der Waals surface area contributed by atoms with Gasteiger partial charge in [0.05, 0.1) is 33.0 Å². The largest absolute Gasteiger partial charge is 0.377 e. The Morgan fingerprint density at radius 2 is 1.50 bits per heavy atom. The number of Topliss-reactive ketones (excluding diaryl/α,β-unsaturated/α-hetero) is 1. The maximum Gasteiger partial charge on any atom is 0.219 e. The molecule has 1 N–H and O–H groups in total. The van der Waals surface area contributed by atoms with Gasteiger partial charge in [0.2, 0.25) is 5.91 Å². The predicted octanol–water partition coefficient (Wildman–Crippen LogP) is 0.151. The molecule has 0 bridgehead atoms. The van der Waals surface area contributed by atoms with Gasteiger partial charge in [-0.15, -0.1) is 0 Å². The minimum atomic E-state index is 0.00691. The minimum absolute atomic E-state index is 0.00691. The van der Waals surface area contributed by atoms with Gasteiger partial charge in [-0.25, -0.2) is 0 Å². The van der Waals surface area contributed by atoms with E-state index < -0.39 is 0 Å². The van der Waals surface area contributed by atoms with Gasteiger partial charge in [0, 0.05) is 13.0 Å². The molecule has 1 amide bonds. The molecule has 6 nitrogen and oxygen atoms in total. The second kappa shape index (κ2) is 12.5. The third-order valence-electron chi connectivity index (χ3n) is 1.94. The molecule has 0 aromatic rings. The molecule has 0 aromatic carbocycles. The van der Waals surface area contributed by atoms with E-state index in [9.17, 15) is 9.59 Å². The van der Waals surface area contributed by atoms with Gasteiger partial charge in [-0.1, -0.05) is 6.92 Å². The summed E-state index contributed by atoms with van der Waals surface area (Å²) in [5.41, 5.74) is 0. The maximum atomic E-state index is 10.9. The number of ether oxygens (including phenoxy) is 3. The molecule has 0 radical (unpaired) electrons. The van der Waals surface area contributed by atoms with Gasteiger partial charge in [0.25, 0.3) is 0 Å². The van der Waals surface area contributed by atoms with Crippen LogP contribution in [0.1, 0.15) is 20.3 Å². The summed E-state index contributed by atoms with van der Waals surface area (Å²) >= 11 is 0. The Morgan fingerprint density at radius 3 is 2.06 bits per heavy atom. The Bertz CT molecular complexity index is 233. The summed E-state index contributed by atoms with van der Waals surface area (Å²) in [5, 5.41) is 2.71. The first kappa shape index (κ1) is 17.0. The van der Waals surface area contributed by atoms with E-state index in [0.29, 0.717) is 46.0 Å². The maximum absolute atomic E-state index is 10.9. The van der Waals surface area contributed by atoms with Crippen molar-refractivity contribution in [3.8, 4) is 0 Å². The molecule has 0 spiro atoms. The van der Waals surface area contributed by atoms with Crippen LogP contribution in [-0.4, -0.2) is 57.9 Å². The van der Waals surface area contributed by atoms with Crippen molar-refractivity contribution in [2.75, 3.05) is 46.2 Å². The number of amides is 1. The number of hydrogen-bond donors (Lipinski definition) is 1. The van der Waals surface area contributed by atoms with Gasteiger partial charge in [-0.2, -0.15) is 0 Å². The molecule has 0 heterocycles. The van der Waals surface area contributed by atoms with Crippen LogP contribution in [-0.2, 0) is 23.8 Å². The fourth-order valence-corrected chi connectivity index (χ4v) is 1.04. The Kier molecular flexibility index (Phi) is 11.8. The van der Waals surface area contributed by atoms with Crippen LogP contribution >= 0.6 is 0 Å². The first-order valence-electron chi connectivity index (χ1n) is 6.16. The Hall–Kier alpha value is -0.980. The van der Waals surface area contributed by atoms with Crippen LogP contribution in [0.3, 0.4) is 0 Å². The number of carbonyl (C=O) groups excluding carboxylic acids is 2. The summed E-state index contributed by atoms with van der Waals surface area (Å²) in [4.78, 5) is 21.4. The topological polar surface area (TPSA) is 73.9 Å². The minimum Gasteiger partial charge on any atom is -0.377 e. The third-order valence-corrected chi connectivity index (χ3v) is 1.94. The highest BCUT2D eigenvalue weighted by molar-refractivity contribution is 5.76. The summed E-state index contributed by atoms with van der Waals surface area (Å²) in [6.07, 6.45) is 0.489. The lowest BCUT2D eigenvalue weighted by Crippen LogP contribution is -2.26. The lowest BCUT2D eigenvalue weighted by Gasteiger charge is -2.06. The van der Waals surface area contributed by atoms with Crippen LogP contribution in [0.4, 0.5) is 0 Å². The van der Waals surface area contributed by atoms with Gasteiger partial charge in [0.15, 0.2) is 5.78 Å². The monoisotopic (exact) mass is 261 g/mol. The fraction of sp³-hybridized carbons (Fsp3) is 0.833. The van der Waals surface area contributed by atoms with E-state index in [-0.39, 0.29) is 18.3 Å². The molecule has 0 aliphatic rings. The molecule has 6 heteroatoms. The molecule has 0 saturated heterocycles. The van der Waals surface area contributed by atoms with Crippen molar-refractivity contribution >= 4 is 11.7 Å². The van der Waals surface area contributed by atoms with Gasteiger partial charge in [0.1, 0.15) is 6.61 Å². The zero-order chi connectivity index (χ0) is 13.6. The van der Waals surface area contributed by atoms with Gasteiger partial charge < -0.3 is 19.5 Å². The zero-order valence-corrected chi connectivity index (χ0v) is 11.2. The number of hydrogen-bond acceptors (Lipinski definition) is 5. The van der Waals surface area contributed by atoms with Crippen molar-refractivity contribution in [2.24, 2.45) is 0 Å². The second-order valence-corrected chi connectivity index (χ2v) is 3.68. The fourth-order valence-electron chi connectivity index (χ4n) is 1.04. The normalized spacial score (nSPS) is 10.3. The first-order chi connectivity index (χ1) is 8.66. The molecule has 0 unspecified atom stereocenters. The summed E-state index contributed by atoms with van der Waals surface area (Å²) < 4.78 is 15.5. The Morgan fingerprint density at radius 1 is 0.944 bits per heavy atom. The number of carbonyl (C=O) groups is 2. The smallest absolute Gasteiger partial charge is 0.219 e. The standard InChI is InChI=1S/C12H23NO5/c1-3-12(15)13-4-5-16-6-7-17-8-9-18-10-11(2)14/h3-10H2,1-2H3,(H,13,15). The van der Waals surface area contributed by atoms with Crippen LogP contribution in [0.25, 0.3) is 0 Å². The van der Waals surface area contributed by atoms with Crippen molar-refractivity contribution in [3.05, 3.63) is 0 Å². The van der Waals surface area contributed by atoms with Gasteiger partial charge >= 0.3 is 0 Å². The summed E-state index contributed by atoms with van der Waals surface area (Å²) in [5.74, 6) is 0.0323. The molecule has 106 valence electrons. The molecule has 0 aliphatic carbocycles. The highest BCUT2D eigenvalue weighted by atomic mass is 16.5. The third kappa shape index (κ3) is 13.1. The van der Waals surface area contributed by atoms with Gasteiger partial charge in [-0.3, -0.25) is 9.59 Å². The molecule has 0 rings (SSSR count). The average molecular weight is 261 g/mol. The van der Waals surface area contributed by atoms with E-state index >= 15 is 0 Å². The van der Waals surface area contributed by atoms with Crippen LogP contribution < -0.4 is 5.32 Å². The Balaban J connectivity index is 3.03. The highest BCUT2D eigenvalue weighted by Crippen LogP contribution is 1.82. The second-order valence-electron chi connectivity index (χ2n) is 3.68. The molecule has 0 saturated carbocycles. The molecule has 18 heavy (non-hydrogen) atoms. The highest BCUT2D eigenvalue weighted by Gasteiger charge is 1.96. The number of rotatable bonds is 12. The molecule has 0 aliphatic heterocycles. The molecular weight excluding hydrogens is 238 g/mol. The predicted molar refractivity (Wildman–Crippen MR) is 66.4 cm³/mol. The average Bonchev–Trinajstić information content (AvgIpc) is 2.35. The molecule has 0 aromatic heterocycles. The summed E-state index contributed by atoms with van der Waals surface area (Å²) in [6.45, 7) is 6.24. The van der Waals surface area contributed by atoms with Crippen molar-refractivity contribution in [2.45, 2.75) is 20.3 Å².